The van der Waals surface area contributed by atoms with Gasteiger partial charge in [0, 0.05) is 19.5 Å². The van der Waals surface area contributed by atoms with Gasteiger partial charge in [0.1, 0.15) is 4.88 Å². The molecule has 1 aliphatic rings. The maximum Gasteiger partial charge on any atom is 0.265 e. The fourth-order valence-electron chi connectivity index (χ4n) is 3.00. The zero-order valence-corrected chi connectivity index (χ0v) is 14.5. The molecule has 1 aromatic carbocycles. The summed E-state index contributed by atoms with van der Waals surface area (Å²) in [6.07, 6.45) is 1.75. The number of nitrogens with zero attached hydrogens (tertiary/aromatic N) is 2. The van der Waals surface area contributed by atoms with Gasteiger partial charge < -0.3 is 10.6 Å². The summed E-state index contributed by atoms with van der Waals surface area (Å²) in [6, 6.07) is 10.2. The highest BCUT2D eigenvalue weighted by atomic mass is 32.1. The van der Waals surface area contributed by atoms with E-state index in [4.69, 9.17) is 5.73 Å². The van der Waals surface area contributed by atoms with Crippen LogP contribution in [0.5, 0.6) is 0 Å². The van der Waals surface area contributed by atoms with E-state index < -0.39 is 0 Å². The van der Waals surface area contributed by atoms with Gasteiger partial charge in [-0.3, -0.25) is 4.79 Å². The minimum Gasteiger partial charge on any atom is -0.337 e. The van der Waals surface area contributed by atoms with Crippen molar-refractivity contribution < 1.29 is 4.79 Å². The van der Waals surface area contributed by atoms with Crippen LogP contribution in [0.4, 0.5) is 0 Å². The van der Waals surface area contributed by atoms with E-state index in [2.05, 4.69) is 24.0 Å². The summed E-state index contributed by atoms with van der Waals surface area (Å²) in [5, 5.41) is 0.998. The summed E-state index contributed by atoms with van der Waals surface area (Å²) < 4.78 is 0. The Morgan fingerprint density at radius 3 is 2.78 bits per heavy atom. The summed E-state index contributed by atoms with van der Waals surface area (Å²) in [7, 11) is 0. The van der Waals surface area contributed by atoms with Crippen molar-refractivity contribution in [3.05, 3.63) is 51.5 Å². The predicted molar refractivity (Wildman–Crippen MR) is 93.8 cm³/mol. The topological polar surface area (TPSA) is 59.2 Å². The molecule has 122 valence electrons. The first-order valence-electron chi connectivity index (χ1n) is 8.00. The van der Waals surface area contributed by atoms with Crippen molar-refractivity contribution >= 4 is 17.2 Å². The van der Waals surface area contributed by atoms with Crippen molar-refractivity contribution in [3.8, 4) is 0 Å². The lowest BCUT2D eigenvalue weighted by atomic mass is 9.90. The van der Waals surface area contributed by atoms with Crippen molar-refractivity contribution in [2.75, 3.05) is 19.6 Å². The Labute approximate surface area is 141 Å². The molecule has 1 aliphatic heterocycles. The number of hydrogen-bond acceptors (Lipinski definition) is 4. The van der Waals surface area contributed by atoms with E-state index in [9.17, 15) is 4.79 Å². The van der Waals surface area contributed by atoms with Gasteiger partial charge in [-0.25, -0.2) is 4.98 Å². The number of thiazole rings is 1. The van der Waals surface area contributed by atoms with Crippen LogP contribution in [-0.4, -0.2) is 35.4 Å². The Morgan fingerprint density at radius 2 is 2.13 bits per heavy atom. The summed E-state index contributed by atoms with van der Waals surface area (Å²) in [5.41, 5.74) is 7.96. The van der Waals surface area contributed by atoms with Gasteiger partial charge in [-0.15, -0.1) is 11.3 Å². The molecular weight excluding hydrogens is 306 g/mol. The monoisotopic (exact) mass is 329 g/mol. The maximum absolute atomic E-state index is 12.8. The van der Waals surface area contributed by atoms with E-state index in [0.29, 0.717) is 6.54 Å². The quantitative estimate of drug-likeness (QED) is 0.938. The second kappa shape index (κ2) is 6.42. The van der Waals surface area contributed by atoms with Crippen LogP contribution < -0.4 is 5.73 Å². The average Bonchev–Trinajstić information content (AvgIpc) is 3.12. The summed E-state index contributed by atoms with van der Waals surface area (Å²) in [5.74, 6) is 0.108. The molecule has 0 aliphatic carbocycles. The number of rotatable bonds is 4. The van der Waals surface area contributed by atoms with Gasteiger partial charge in [-0.2, -0.15) is 0 Å². The van der Waals surface area contributed by atoms with Crippen LogP contribution in [0.25, 0.3) is 0 Å². The zero-order valence-electron chi connectivity index (χ0n) is 13.7. The summed E-state index contributed by atoms with van der Waals surface area (Å²) in [4.78, 5) is 20.1. The number of hydrogen-bond donors (Lipinski definition) is 1. The molecule has 0 radical (unpaired) electrons. The van der Waals surface area contributed by atoms with Gasteiger partial charge in [-0.1, -0.05) is 37.3 Å². The Kier molecular flexibility index (Phi) is 4.50. The maximum atomic E-state index is 12.8. The largest absolute Gasteiger partial charge is 0.337 e. The second-order valence-electron chi connectivity index (χ2n) is 6.68. The lowest BCUT2D eigenvalue weighted by Gasteiger charge is -2.22. The molecule has 4 nitrogen and oxygen atoms in total. The molecule has 2 heterocycles. The van der Waals surface area contributed by atoms with Gasteiger partial charge in [0.25, 0.3) is 5.91 Å². The van der Waals surface area contributed by atoms with Gasteiger partial charge in [-0.05, 0) is 30.9 Å². The number of carbonyl (C=O) groups is 1. The average molecular weight is 329 g/mol. The molecule has 0 saturated carbocycles. The van der Waals surface area contributed by atoms with Crippen LogP contribution in [0.2, 0.25) is 0 Å². The molecule has 23 heavy (non-hydrogen) atoms. The molecule has 1 saturated heterocycles. The van der Waals surface area contributed by atoms with E-state index in [-0.39, 0.29) is 11.3 Å². The van der Waals surface area contributed by atoms with Crippen LogP contribution >= 0.6 is 11.3 Å². The first-order chi connectivity index (χ1) is 11.0. The summed E-state index contributed by atoms with van der Waals surface area (Å²) >= 11 is 1.52. The van der Waals surface area contributed by atoms with Crippen LogP contribution in [0, 0.1) is 12.3 Å². The fourth-order valence-corrected chi connectivity index (χ4v) is 4.07. The minimum atomic E-state index is 0.0567. The van der Waals surface area contributed by atoms with E-state index in [1.807, 2.05) is 30.0 Å². The SMILES string of the molecule is Cc1nc(Cc2ccccc2)sc1C(=O)N1CCC(C)(CN)C1. The lowest BCUT2D eigenvalue weighted by molar-refractivity contribution is 0.0780. The van der Waals surface area contributed by atoms with Gasteiger partial charge in [0.2, 0.25) is 0 Å². The molecule has 5 heteroatoms. The third-order valence-electron chi connectivity index (χ3n) is 4.57. The van der Waals surface area contributed by atoms with E-state index in [0.717, 1.165) is 41.5 Å². The van der Waals surface area contributed by atoms with E-state index >= 15 is 0 Å². The first-order valence-corrected chi connectivity index (χ1v) is 8.82. The molecule has 1 aromatic heterocycles. The van der Waals surface area contributed by atoms with Crippen LogP contribution in [0.1, 0.15) is 39.3 Å². The van der Waals surface area contributed by atoms with Crippen LogP contribution in [0.3, 0.4) is 0 Å². The Morgan fingerprint density at radius 1 is 1.39 bits per heavy atom. The number of carbonyl (C=O) groups excluding carboxylic acids is 1. The second-order valence-corrected chi connectivity index (χ2v) is 7.76. The predicted octanol–water partition coefficient (Wildman–Crippen LogP) is 2.85. The Balaban J connectivity index is 1.75. The highest BCUT2D eigenvalue weighted by molar-refractivity contribution is 7.13. The molecule has 2 aromatic rings. The van der Waals surface area contributed by atoms with E-state index in [1.54, 1.807) is 0 Å². The van der Waals surface area contributed by atoms with Crippen LogP contribution in [0.15, 0.2) is 30.3 Å². The molecule has 1 fully saturated rings. The molecule has 1 atom stereocenters. The van der Waals surface area contributed by atoms with Gasteiger partial charge in [0.15, 0.2) is 0 Å². The number of aromatic nitrogens is 1. The number of likely N-dealkylation sites (tertiary alicyclic amines) is 1. The van der Waals surface area contributed by atoms with E-state index in [1.165, 1.54) is 16.9 Å². The molecule has 2 N–H and O–H groups in total. The van der Waals surface area contributed by atoms with Crippen molar-refractivity contribution in [2.45, 2.75) is 26.7 Å². The minimum absolute atomic E-state index is 0.0567. The number of nitrogens with two attached hydrogens (primary N) is 1. The van der Waals surface area contributed by atoms with Crippen molar-refractivity contribution in [1.82, 2.24) is 9.88 Å². The molecule has 0 bridgehead atoms. The molecular formula is C18H23N3OS. The highest BCUT2D eigenvalue weighted by Gasteiger charge is 2.36. The standard InChI is InChI=1S/C18H23N3OS/c1-13-16(17(22)21-9-8-18(2,11-19)12-21)23-15(20-13)10-14-6-4-3-5-7-14/h3-7H,8-12,19H2,1-2H3. The van der Waals surface area contributed by atoms with Crippen molar-refractivity contribution in [1.29, 1.82) is 0 Å². The highest BCUT2D eigenvalue weighted by Crippen LogP contribution is 2.31. The van der Waals surface area contributed by atoms with Gasteiger partial charge in [0.05, 0.1) is 10.7 Å². The molecule has 1 amide bonds. The molecule has 0 spiro atoms. The van der Waals surface area contributed by atoms with Crippen molar-refractivity contribution in [2.24, 2.45) is 11.1 Å². The fraction of sp³-hybridized carbons (Fsp3) is 0.444. The van der Waals surface area contributed by atoms with Crippen LogP contribution in [-0.2, 0) is 6.42 Å². The third-order valence-corrected chi connectivity index (χ3v) is 5.72. The Bertz CT molecular complexity index is 698. The summed E-state index contributed by atoms with van der Waals surface area (Å²) in [6.45, 7) is 6.24. The number of amides is 1. The molecule has 1 unspecified atom stereocenters. The lowest BCUT2D eigenvalue weighted by Crippen LogP contribution is -2.34. The first kappa shape index (κ1) is 16.1. The smallest absolute Gasteiger partial charge is 0.265 e. The number of benzene rings is 1. The molecule has 3 rings (SSSR count). The number of aryl methyl sites for hydroxylation is 1. The van der Waals surface area contributed by atoms with Gasteiger partial charge >= 0.3 is 0 Å². The zero-order chi connectivity index (χ0) is 16.4. The third kappa shape index (κ3) is 3.46. The Hall–Kier alpha value is -1.72. The normalized spacial score (nSPS) is 20.9. The van der Waals surface area contributed by atoms with Crippen molar-refractivity contribution in [3.63, 3.8) is 0 Å².